The van der Waals surface area contributed by atoms with E-state index in [0.717, 1.165) is 0 Å². The van der Waals surface area contributed by atoms with E-state index in [2.05, 4.69) is 0 Å². The molecular formula is C9H16F3N3O2. The number of carbonyl (C=O) groups is 1. The number of carbonyl (C=O) groups excluding carboxylic acids is 1. The molecular weight excluding hydrogens is 239 g/mol. The van der Waals surface area contributed by atoms with Crippen molar-refractivity contribution < 1.29 is 22.7 Å². The summed E-state index contributed by atoms with van der Waals surface area (Å²) >= 11 is 0. The van der Waals surface area contributed by atoms with Crippen molar-refractivity contribution in [2.45, 2.75) is 12.3 Å². The van der Waals surface area contributed by atoms with Crippen LogP contribution in [0.2, 0.25) is 0 Å². The highest BCUT2D eigenvalue weighted by atomic mass is 19.4. The molecule has 1 saturated heterocycles. The van der Waals surface area contributed by atoms with Gasteiger partial charge in [-0.3, -0.25) is 9.69 Å². The SMILES string of the molecule is NCC1CN(CC(=O)NCC(F)(F)F)CCO1. The van der Waals surface area contributed by atoms with E-state index in [4.69, 9.17) is 10.5 Å². The minimum absolute atomic E-state index is 0.0596. The minimum Gasteiger partial charge on any atom is -0.374 e. The van der Waals surface area contributed by atoms with E-state index in [1.165, 1.54) is 0 Å². The highest BCUT2D eigenvalue weighted by Crippen LogP contribution is 2.12. The molecule has 17 heavy (non-hydrogen) atoms. The summed E-state index contributed by atoms with van der Waals surface area (Å²) in [6, 6.07) is 0. The molecule has 8 heteroatoms. The number of halogens is 3. The van der Waals surface area contributed by atoms with Gasteiger partial charge in [-0.25, -0.2) is 0 Å². The molecule has 1 heterocycles. The van der Waals surface area contributed by atoms with E-state index in [-0.39, 0.29) is 12.6 Å². The second kappa shape index (κ2) is 6.18. The molecule has 0 aromatic carbocycles. The van der Waals surface area contributed by atoms with Gasteiger partial charge in [-0.15, -0.1) is 0 Å². The average molecular weight is 255 g/mol. The van der Waals surface area contributed by atoms with E-state index in [1.807, 2.05) is 5.32 Å². The molecule has 1 atom stereocenters. The first-order valence-corrected chi connectivity index (χ1v) is 5.28. The Labute approximate surface area is 97.1 Å². The van der Waals surface area contributed by atoms with E-state index in [9.17, 15) is 18.0 Å². The van der Waals surface area contributed by atoms with E-state index in [0.29, 0.717) is 26.2 Å². The molecule has 3 N–H and O–H groups in total. The monoisotopic (exact) mass is 255 g/mol. The highest BCUT2D eigenvalue weighted by molar-refractivity contribution is 5.78. The van der Waals surface area contributed by atoms with Gasteiger partial charge in [0.25, 0.3) is 0 Å². The topological polar surface area (TPSA) is 67.6 Å². The smallest absolute Gasteiger partial charge is 0.374 e. The van der Waals surface area contributed by atoms with Gasteiger partial charge in [0.15, 0.2) is 0 Å². The lowest BCUT2D eigenvalue weighted by Gasteiger charge is -2.31. The Morgan fingerprint density at radius 3 is 2.82 bits per heavy atom. The second-order valence-corrected chi connectivity index (χ2v) is 3.86. The third-order valence-corrected chi connectivity index (χ3v) is 2.34. The molecule has 1 amide bonds. The number of nitrogens with two attached hydrogens (primary N) is 1. The van der Waals surface area contributed by atoms with Crippen LogP contribution in [0.3, 0.4) is 0 Å². The van der Waals surface area contributed by atoms with Crippen molar-refractivity contribution in [3.05, 3.63) is 0 Å². The molecule has 0 bridgehead atoms. The van der Waals surface area contributed by atoms with Gasteiger partial charge >= 0.3 is 6.18 Å². The number of hydrogen-bond donors (Lipinski definition) is 2. The maximum Gasteiger partial charge on any atom is 0.405 e. The molecule has 0 radical (unpaired) electrons. The molecule has 1 rings (SSSR count). The van der Waals surface area contributed by atoms with Gasteiger partial charge in [-0.05, 0) is 0 Å². The van der Waals surface area contributed by atoms with E-state index >= 15 is 0 Å². The zero-order valence-electron chi connectivity index (χ0n) is 9.29. The number of nitrogens with one attached hydrogen (secondary N) is 1. The summed E-state index contributed by atoms with van der Waals surface area (Å²) in [4.78, 5) is 13.0. The third-order valence-electron chi connectivity index (χ3n) is 2.34. The van der Waals surface area contributed by atoms with Crippen LogP contribution >= 0.6 is 0 Å². The van der Waals surface area contributed by atoms with Gasteiger partial charge < -0.3 is 15.8 Å². The van der Waals surface area contributed by atoms with Gasteiger partial charge in [0, 0.05) is 19.6 Å². The predicted octanol–water partition coefficient (Wildman–Crippen LogP) is -0.676. The lowest BCUT2D eigenvalue weighted by molar-refractivity contribution is -0.140. The lowest BCUT2D eigenvalue weighted by Crippen LogP contribution is -2.49. The molecule has 0 aliphatic carbocycles. The van der Waals surface area contributed by atoms with Gasteiger partial charge in [0.05, 0.1) is 19.3 Å². The summed E-state index contributed by atoms with van der Waals surface area (Å²) < 4.78 is 40.8. The number of alkyl halides is 3. The maximum atomic E-state index is 11.8. The molecule has 1 unspecified atom stereocenters. The van der Waals surface area contributed by atoms with E-state index < -0.39 is 18.6 Å². The van der Waals surface area contributed by atoms with Crippen LogP contribution in [-0.4, -0.2) is 62.4 Å². The average Bonchev–Trinajstić information content (AvgIpc) is 2.26. The zero-order valence-corrected chi connectivity index (χ0v) is 9.29. The van der Waals surface area contributed by atoms with Gasteiger partial charge in [-0.1, -0.05) is 0 Å². The Morgan fingerprint density at radius 2 is 2.24 bits per heavy atom. The van der Waals surface area contributed by atoms with Crippen LogP contribution in [-0.2, 0) is 9.53 Å². The lowest BCUT2D eigenvalue weighted by atomic mass is 10.2. The Hall–Kier alpha value is -0.860. The zero-order chi connectivity index (χ0) is 12.9. The van der Waals surface area contributed by atoms with Crippen molar-refractivity contribution in [1.29, 1.82) is 0 Å². The van der Waals surface area contributed by atoms with Crippen molar-refractivity contribution in [3.8, 4) is 0 Å². The highest BCUT2D eigenvalue weighted by Gasteiger charge is 2.28. The third kappa shape index (κ3) is 5.85. The maximum absolute atomic E-state index is 11.8. The summed E-state index contributed by atoms with van der Waals surface area (Å²) in [5.74, 6) is -0.639. The first kappa shape index (κ1) is 14.2. The van der Waals surface area contributed by atoms with Crippen LogP contribution in [0, 0.1) is 0 Å². The number of hydrogen-bond acceptors (Lipinski definition) is 4. The number of ether oxygens (including phenoxy) is 1. The van der Waals surface area contributed by atoms with Crippen LogP contribution in [0.5, 0.6) is 0 Å². The Kier molecular flexibility index (Phi) is 5.16. The van der Waals surface area contributed by atoms with Crippen LogP contribution in [0.1, 0.15) is 0 Å². The molecule has 0 saturated carbocycles. The summed E-state index contributed by atoms with van der Waals surface area (Å²) in [5, 5.41) is 1.83. The Morgan fingerprint density at radius 1 is 1.53 bits per heavy atom. The van der Waals surface area contributed by atoms with Gasteiger partial charge in [0.2, 0.25) is 5.91 Å². The van der Waals surface area contributed by atoms with Crippen molar-refractivity contribution in [1.82, 2.24) is 10.2 Å². The van der Waals surface area contributed by atoms with Crippen LogP contribution in [0.4, 0.5) is 13.2 Å². The number of nitrogens with zero attached hydrogens (tertiary/aromatic N) is 1. The Bertz CT molecular complexity index is 260. The van der Waals surface area contributed by atoms with Crippen LogP contribution in [0.25, 0.3) is 0 Å². The fraction of sp³-hybridized carbons (Fsp3) is 0.889. The number of rotatable bonds is 4. The molecule has 100 valence electrons. The van der Waals surface area contributed by atoms with Crippen molar-refractivity contribution >= 4 is 5.91 Å². The fourth-order valence-corrected chi connectivity index (χ4v) is 1.52. The molecule has 0 aromatic heterocycles. The van der Waals surface area contributed by atoms with E-state index in [1.54, 1.807) is 4.90 Å². The first-order chi connectivity index (χ1) is 7.90. The number of amides is 1. The fourth-order valence-electron chi connectivity index (χ4n) is 1.52. The van der Waals surface area contributed by atoms with Crippen LogP contribution < -0.4 is 11.1 Å². The summed E-state index contributed by atoms with van der Waals surface area (Å²) in [6.45, 7) is 0.410. The molecule has 0 spiro atoms. The summed E-state index contributed by atoms with van der Waals surface area (Å²) in [5.41, 5.74) is 5.41. The van der Waals surface area contributed by atoms with Crippen molar-refractivity contribution in [2.24, 2.45) is 5.73 Å². The summed E-state index contributed by atoms with van der Waals surface area (Å²) in [6.07, 6.45) is -4.53. The molecule has 5 nitrogen and oxygen atoms in total. The normalized spacial score (nSPS) is 22.5. The van der Waals surface area contributed by atoms with Crippen molar-refractivity contribution in [3.63, 3.8) is 0 Å². The second-order valence-electron chi connectivity index (χ2n) is 3.86. The van der Waals surface area contributed by atoms with Gasteiger partial charge in [-0.2, -0.15) is 13.2 Å². The van der Waals surface area contributed by atoms with Gasteiger partial charge in [0.1, 0.15) is 6.54 Å². The molecule has 0 aromatic rings. The number of morpholine rings is 1. The minimum atomic E-state index is -4.37. The molecule has 1 fully saturated rings. The molecule has 1 aliphatic rings. The predicted molar refractivity (Wildman–Crippen MR) is 54.3 cm³/mol. The Balaban J connectivity index is 2.26. The quantitative estimate of drug-likeness (QED) is 0.699. The first-order valence-electron chi connectivity index (χ1n) is 5.28. The van der Waals surface area contributed by atoms with Crippen molar-refractivity contribution in [2.75, 3.05) is 39.3 Å². The molecule has 1 aliphatic heterocycles. The summed E-state index contributed by atoms with van der Waals surface area (Å²) in [7, 11) is 0. The standard InChI is InChI=1S/C9H16F3N3O2/c10-9(11,12)6-14-8(16)5-15-1-2-17-7(3-13)4-15/h7H,1-6,13H2,(H,14,16). The largest absolute Gasteiger partial charge is 0.405 e. The van der Waals surface area contributed by atoms with Crippen LogP contribution in [0.15, 0.2) is 0 Å².